The summed E-state index contributed by atoms with van der Waals surface area (Å²) in [4.78, 5) is 11.1. The van der Waals surface area contributed by atoms with Crippen molar-refractivity contribution >= 4 is 5.97 Å². The van der Waals surface area contributed by atoms with Crippen molar-refractivity contribution in [3.05, 3.63) is 24.3 Å². The fraction of sp³-hybridized carbons (Fsp3) is 0.783. The summed E-state index contributed by atoms with van der Waals surface area (Å²) in [5.74, 6) is -1.10. The summed E-state index contributed by atoms with van der Waals surface area (Å²) in [6, 6.07) is 0. The lowest BCUT2D eigenvalue weighted by Crippen LogP contribution is -2.30. The zero-order valence-electron chi connectivity index (χ0n) is 18.1. The smallest absolute Gasteiger partial charge is 0.305 e. The van der Waals surface area contributed by atoms with Gasteiger partial charge >= 0.3 is 5.97 Å². The van der Waals surface area contributed by atoms with Crippen molar-refractivity contribution in [2.75, 3.05) is 7.11 Å². The minimum Gasteiger partial charge on any atom is -0.469 e. The summed E-state index contributed by atoms with van der Waals surface area (Å²) in [5.41, 5.74) is -0.262. The van der Waals surface area contributed by atoms with Crippen molar-refractivity contribution in [1.29, 1.82) is 0 Å². The predicted molar refractivity (Wildman–Crippen MR) is 110 cm³/mol. The van der Waals surface area contributed by atoms with E-state index in [9.17, 15) is 15.0 Å². The fourth-order valence-electron chi connectivity index (χ4n) is 4.33. The standard InChI is InChI=1S/C23H37FO5/c1-5-6-13-23(2,3)19(26)12-11-15-16(25)14-18-21(15)22(24)17(29-18)9-7-8-10-20(27)28-4/h7,9,11-12,15-19,21-22,25-26H,5-6,8,10,13-14H2,1-4H3/b9-7+,12-11+/t15-,16+,17?,18-,19+,21+,22-/m0/s1. The van der Waals surface area contributed by atoms with Crippen LogP contribution in [0.1, 0.15) is 59.3 Å². The zero-order valence-corrected chi connectivity index (χ0v) is 18.1. The normalized spacial score (nSPS) is 33.5. The minimum absolute atomic E-state index is 0.249. The average molecular weight is 413 g/mol. The van der Waals surface area contributed by atoms with Crippen LogP contribution < -0.4 is 0 Å². The van der Waals surface area contributed by atoms with Crippen LogP contribution in [0.3, 0.4) is 0 Å². The Morgan fingerprint density at radius 2 is 2.10 bits per heavy atom. The van der Waals surface area contributed by atoms with Crippen LogP contribution in [0.4, 0.5) is 4.39 Å². The van der Waals surface area contributed by atoms with Gasteiger partial charge in [-0.3, -0.25) is 4.79 Å². The van der Waals surface area contributed by atoms with Gasteiger partial charge in [0, 0.05) is 24.7 Å². The van der Waals surface area contributed by atoms with Crippen molar-refractivity contribution in [3.63, 3.8) is 0 Å². The molecule has 0 aromatic heterocycles. The molecular weight excluding hydrogens is 375 g/mol. The summed E-state index contributed by atoms with van der Waals surface area (Å²) in [7, 11) is 1.34. The quantitative estimate of drug-likeness (QED) is 0.422. The molecule has 1 heterocycles. The molecule has 0 radical (unpaired) electrons. The van der Waals surface area contributed by atoms with Gasteiger partial charge in [-0.05, 0) is 18.3 Å². The van der Waals surface area contributed by atoms with Crippen LogP contribution in [0.2, 0.25) is 0 Å². The second-order valence-electron chi connectivity index (χ2n) is 9.01. The van der Waals surface area contributed by atoms with Gasteiger partial charge in [0.2, 0.25) is 0 Å². The van der Waals surface area contributed by atoms with Crippen LogP contribution in [0.15, 0.2) is 24.3 Å². The summed E-state index contributed by atoms with van der Waals surface area (Å²) < 4.78 is 25.5. The molecular formula is C23H37FO5. The molecule has 0 amide bonds. The SMILES string of the molecule is CCCCC(C)(C)[C@H](O)/C=C/[C@@H]1[C@@H]2[C@H](C[C@H]1O)OC(/C=C/CCC(=O)OC)[C@@H]2F. The molecule has 1 aliphatic carbocycles. The highest BCUT2D eigenvalue weighted by Gasteiger charge is 2.54. The minimum atomic E-state index is -1.23. The molecule has 0 spiro atoms. The van der Waals surface area contributed by atoms with Crippen LogP contribution in [0.25, 0.3) is 0 Å². The van der Waals surface area contributed by atoms with E-state index in [2.05, 4.69) is 11.7 Å². The fourth-order valence-corrected chi connectivity index (χ4v) is 4.33. The summed E-state index contributed by atoms with van der Waals surface area (Å²) in [6.07, 6.45) is 7.49. The third-order valence-electron chi connectivity index (χ3n) is 6.36. The van der Waals surface area contributed by atoms with Gasteiger partial charge in [0.15, 0.2) is 0 Å². The number of unbranched alkanes of at least 4 members (excludes halogenated alkanes) is 1. The number of methoxy groups -OCH3 is 1. The molecule has 1 saturated carbocycles. The lowest BCUT2D eigenvalue weighted by molar-refractivity contribution is -0.140. The topological polar surface area (TPSA) is 76.0 Å². The number of aliphatic hydroxyl groups excluding tert-OH is 2. The molecule has 2 N–H and O–H groups in total. The van der Waals surface area contributed by atoms with E-state index < -0.39 is 30.4 Å². The Balaban J connectivity index is 1.97. The molecule has 2 rings (SSSR count). The number of halogens is 1. The molecule has 0 aromatic rings. The van der Waals surface area contributed by atoms with Crippen molar-refractivity contribution in [2.45, 2.75) is 89.9 Å². The Hall–Kier alpha value is -1.24. The van der Waals surface area contributed by atoms with Gasteiger partial charge < -0.3 is 19.7 Å². The molecule has 2 fully saturated rings. The summed E-state index contributed by atoms with van der Waals surface area (Å²) >= 11 is 0. The van der Waals surface area contributed by atoms with E-state index in [1.165, 1.54) is 7.11 Å². The number of ether oxygens (including phenoxy) is 2. The lowest BCUT2D eigenvalue weighted by atomic mass is 9.80. The number of rotatable bonds is 10. The number of fused-ring (bicyclic) bond motifs is 1. The third kappa shape index (κ3) is 6.12. The molecule has 0 bridgehead atoms. The second-order valence-corrected chi connectivity index (χ2v) is 9.01. The molecule has 166 valence electrons. The molecule has 29 heavy (non-hydrogen) atoms. The molecule has 2 aliphatic rings. The van der Waals surface area contributed by atoms with E-state index in [0.29, 0.717) is 12.8 Å². The molecule has 6 heteroatoms. The van der Waals surface area contributed by atoms with Gasteiger partial charge in [-0.1, -0.05) is 57.9 Å². The molecule has 1 aliphatic heterocycles. The summed E-state index contributed by atoms with van der Waals surface area (Å²) in [6.45, 7) is 6.17. The number of alkyl halides is 1. The maximum Gasteiger partial charge on any atom is 0.305 e. The van der Waals surface area contributed by atoms with Gasteiger partial charge in [-0.15, -0.1) is 0 Å². The van der Waals surface area contributed by atoms with Crippen molar-refractivity contribution < 1.29 is 28.9 Å². The van der Waals surface area contributed by atoms with E-state index >= 15 is 4.39 Å². The Morgan fingerprint density at radius 1 is 1.38 bits per heavy atom. The van der Waals surface area contributed by atoms with E-state index in [-0.39, 0.29) is 29.8 Å². The number of hydrogen-bond donors (Lipinski definition) is 2. The lowest BCUT2D eigenvalue weighted by Gasteiger charge is -2.29. The van der Waals surface area contributed by atoms with Crippen molar-refractivity contribution in [3.8, 4) is 0 Å². The van der Waals surface area contributed by atoms with Gasteiger partial charge in [0.1, 0.15) is 12.3 Å². The molecule has 5 nitrogen and oxygen atoms in total. The number of hydrogen-bond acceptors (Lipinski definition) is 5. The van der Waals surface area contributed by atoms with Crippen LogP contribution in [-0.4, -0.2) is 53.9 Å². The Labute approximate surface area is 174 Å². The monoisotopic (exact) mass is 412 g/mol. The maximum atomic E-state index is 15.1. The third-order valence-corrected chi connectivity index (χ3v) is 6.36. The number of carbonyl (C=O) groups excluding carboxylic acids is 1. The van der Waals surface area contributed by atoms with E-state index in [1.54, 1.807) is 24.3 Å². The Bertz CT molecular complexity index is 588. The largest absolute Gasteiger partial charge is 0.469 e. The van der Waals surface area contributed by atoms with Gasteiger partial charge in [-0.2, -0.15) is 0 Å². The van der Waals surface area contributed by atoms with Crippen molar-refractivity contribution in [2.24, 2.45) is 17.3 Å². The first kappa shape index (κ1) is 24.0. The van der Waals surface area contributed by atoms with Gasteiger partial charge in [0.05, 0.1) is 25.4 Å². The first-order valence-electron chi connectivity index (χ1n) is 10.8. The van der Waals surface area contributed by atoms with Crippen LogP contribution in [-0.2, 0) is 14.3 Å². The van der Waals surface area contributed by atoms with Crippen LogP contribution >= 0.6 is 0 Å². The van der Waals surface area contributed by atoms with Gasteiger partial charge in [0.25, 0.3) is 0 Å². The number of allylic oxidation sites excluding steroid dienone is 1. The first-order chi connectivity index (χ1) is 13.7. The highest BCUT2D eigenvalue weighted by Crippen LogP contribution is 2.46. The number of esters is 1. The van der Waals surface area contributed by atoms with E-state index in [0.717, 1.165) is 19.3 Å². The highest BCUT2D eigenvalue weighted by molar-refractivity contribution is 5.69. The predicted octanol–water partition coefficient (Wildman–Crippen LogP) is 3.73. The molecule has 1 unspecified atom stereocenters. The highest BCUT2D eigenvalue weighted by atomic mass is 19.1. The maximum absolute atomic E-state index is 15.1. The zero-order chi connectivity index (χ0) is 21.6. The van der Waals surface area contributed by atoms with E-state index in [4.69, 9.17) is 4.74 Å². The Morgan fingerprint density at radius 3 is 2.76 bits per heavy atom. The number of carbonyl (C=O) groups is 1. The average Bonchev–Trinajstić information content (AvgIpc) is 3.16. The molecule has 0 aromatic carbocycles. The van der Waals surface area contributed by atoms with Crippen LogP contribution in [0, 0.1) is 17.3 Å². The first-order valence-corrected chi connectivity index (χ1v) is 10.8. The number of aliphatic hydroxyl groups is 2. The molecule has 7 atom stereocenters. The van der Waals surface area contributed by atoms with Crippen LogP contribution in [0.5, 0.6) is 0 Å². The van der Waals surface area contributed by atoms with E-state index in [1.807, 2.05) is 13.8 Å². The second kappa shape index (κ2) is 10.7. The molecule has 1 saturated heterocycles. The van der Waals surface area contributed by atoms with Crippen molar-refractivity contribution in [1.82, 2.24) is 0 Å². The summed E-state index contributed by atoms with van der Waals surface area (Å²) in [5, 5.41) is 21.0. The Kier molecular flexibility index (Phi) is 8.86. The van der Waals surface area contributed by atoms with Gasteiger partial charge in [-0.25, -0.2) is 4.39 Å².